The van der Waals surface area contributed by atoms with Gasteiger partial charge < -0.3 is 15.3 Å². The lowest BCUT2D eigenvalue weighted by molar-refractivity contribution is -0.146. The summed E-state index contributed by atoms with van der Waals surface area (Å²) in [4.78, 5) is 21.3. The molecule has 1 rings (SSSR count). The van der Waals surface area contributed by atoms with E-state index in [1.807, 2.05) is 0 Å². The quantitative estimate of drug-likeness (QED) is 0.413. The third kappa shape index (κ3) is 2.87. The van der Waals surface area contributed by atoms with E-state index < -0.39 is 11.8 Å². The molecule has 0 saturated heterocycles. The highest BCUT2D eigenvalue weighted by Crippen LogP contribution is 2.24. The molecule has 0 aliphatic heterocycles. The molecule has 0 aliphatic rings. The Morgan fingerprint density at radius 1 is 1.29 bits per heavy atom. The maximum absolute atomic E-state index is 10.8. The number of benzene rings is 1. The summed E-state index contributed by atoms with van der Waals surface area (Å²) in [6.07, 6.45) is 0. The minimum Gasteiger partial charge on any atom is -0.504 e. The first-order valence-corrected chi connectivity index (χ1v) is 3.62. The van der Waals surface area contributed by atoms with Gasteiger partial charge in [-0.05, 0) is 12.1 Å². The van der Waals surface area contributed by atoms with E-state index in [-0.39, 0.29) is 17.0 Å². The second-order valence-electron chi connectivity index (χ2n) is 2.41. The molecule has 0 heterocycles. The van der Waals surface area contributed by atoms with Crippen LogP contribution in [-0.2, 0) is 9.59 Å². The van der Waals surface area contributed by atoms with Crippen LogP contribution in [0, 0.1) is 0 Å². The number of hydrogen-bond acceptors (Lipinski definition) is 4. The minimum absolute atomic E-state index is 0. The summed E-state index contributed by atoms with van der Waals surface area (Å²) in [6.45, 7) is 1.10. The average Bonchev–Trinajstić information content (AvgIpc) is 2.08. The van der Waals surface area contributed by atoms with E-state index >= 15 is 0 Å². The van der Waals surface area contributed by atoms with Gasteiger partial charge in [-0.1, -0.05) is 12.1 Å². The highest BCUT2D eigenvalue weighted by atomic mass is 16.5. The van der Waals surface area contributed by atoms with Gasteiger partial charge in [-0.3, -0.25) is 4.79 Å². The van der Waals surface area contributed by atoms with Crippen molar-refractivity contribution in [2.45, 2.75) is 6.92 Å². The van der Waals surface area contributed by atoms with Gasteiger partial charge in [0.2, 0.25) is 5.78 Å². The van der Waals surface area contributed by atoms with Crippen LogP contribution in [0.25, 0.3) is 0 Å². The summed E-state index contributed by atoms with van der Waals surface area (Å²) >= 11 is 0. The highest BCUT2D eigenvalue weighted by Gasteiger charge is 2.12. The molecule has 0 aromatic heterocycles. The van der Waals surface area contributed by atoms with E-state index in [0.717, 1.165) is 6.92 Å². The van der Waals surface area contributed by atoms with E-state index in [1.54, 1.807) is 12.1 Å². The molecular weight excluding hydrogens is 188 g/mol. The van der Waals surface area contributed by atoms with Crippen molar-refractivity contribution in [2.24, 2.45) is 0 Å². The topological polar surface area (TPSA) is 95.1 Å². The zero-order valence-electron chi connectivity index (χ0n) is 7.48. The van der Waals surface area contributed by atoms with Gasteiger partial charge in [-0.25, -0.2) is 4.79 Å². The Hall–Kier alpha value is -1.88. The largest absolute Gasteiger partial charge is 0.504 e. The van der Waals surface area contributed by atoms with Crippen molar-refractivity contribution >= 4 is 11.8 Å². The van der Waals surface area contributed by atoms with Crippen LogP contribution in [0.5, 0.6) is 11.5 Å². The van der Waals surface area contributed by atoms with E-state index in [0.29, 0.717) is 0 Å². The van der Waals surface area contributed by atoms with Gasteiger partial charge in [0, 0.05) is 6.92 Å². The Labute approximate surface area is 80.2 Å². The van der Waals surface area contributed by atoms with Crippen LogP contribution in [-0.4, -0.2) is 22.3 Å². The van der Waals surface area contributed by atoms with Crippen LogP contribution in [0.1, 0.15) is 6.92 Å². The SMILES string of the molecule is CC(=O)C(=O)Oc1ccccc1O.O. The smallest absolute Gasteiger partial charge is 0.379 e. The fourth-order valence-electron chi connectivity index (χ4n) is 0.715. The normalized spacial score (nSPS) is 8.64. The lowest BCUT2D eigenvalue weighted by Crippen LogP contribution is -2.16. The molecule has 0 fully saturated rings. The average molecular weight is 198 g/mol. The molecular formula is C9H10O5. The monoisotopic (exact) mass is 198 g/mol. The second kappa shape index (κ2) is 4.98. The van der Waals surface area contributed by atoms with Crippen molar-refractivity contribution in [1.29, 1.82) is 0 Å². The van der Waals surface area contributed by atoms with Crippen molar-refractivity contribution in [3.63, 3.8) is 0 Å². The number of ether oxygens (including phenoxy) is 1. The van der Waals surface area contributed by atoms with Crippen LogP contribution in [0.2, 0.25) is 0 Å². The Kier molecular flexibility index (Phi) is 4.31. The third-order valence-electron chi connectivity index (χ3n) is 1.36. The fraction of sp³-hybridized carbons (Fsp3) is 0.111. The summed E-state index contributed by atoms with van der Waals surface area (Å²) in [7, 11) is 0. The zero-order valence-corrected chi connectivity index (χ0v) is 7.48. The molecule has 0 unspecified atom stereocenters. The van der Waals surface area contributed by atoms with Crippen LogP contribution in [0.4, 0.5) is 0 Å². The van der Waals surface area contributed by atoms with Crippen molar-refractivity contribution in [3.8, 4) is 11.5 Å². The maximum atomic E-state index is 10.8. The predicted octanol–water partition coefficient (Wildman–Crippen LogP) is 0.0619. The summed E-state index contributed by atoms with van der Waals surface area (Å²) < 4.78 is 4.57. The zero-order chi connectivity index (χ0) is 9.84. The summed E-state index contributed by atoms with van der Waals surface area (Å²) in [5.74, 6) is -1.87. The molecule has 0 amide bonds. The summed E-state index contributed by atoms with van der Waals surface area (Å²) in [5.41, 5.74) is 0. The van der Waals surface area contributed by atoms with Gasteiger partial charge in [0.15, 0.2) is 11.5 Å². The molecule has 14 heavy (non-hydrogen) atoms. The Morgan fingerprint density at radius 2 is 1.86 bits per heavy atom. The highest BCUT2D eigenvalue weighted by molar-refractivity contribution is 6.33. The van der Waals surface area contributed by atoms with Crippen molar-refractivity contribution in [3.05, 3.63) is 24.3 Å². The molecule has 0 aliphatic carbocycles. The molecule has 0 atom stereocenters. The number of carbonyl (C=O) groups excluding carboxylic acids is 2. The van der Waals surface area contributed by atoms with Crippen LogP contribution >= 0.6 is 0 Å². The number of carbonyl (C=O) groups is 2. The van der Waals surface area contributed by atoms with Crippen LogP contribution in [0.15, 0.2) is 24.3 Å². The number of ketones is 1. The van der Waals surface area contributed by atoms with Gasteiger partial charge in [0.05, 0.1) is 0 Å². The van der Waals surface area contributed by atoms with Crippen LogP contribution < -0.4 is 4.74 Å². The molecule has 1 aromatic rings. The van der Waals surface area contributed by atoms with Gasteiger partial charge in [-0.2, -0.15) is 0 Å². The minimum atomic E-state index is -0.985. The number of esters is 1. The number of phenols is 1. The molecule has 0 saturated carbocycles. The van der Waals surface area contributed by atoms with Gasteiger partial charge in [0.1, 0.15) is 0 Å². The molecule has 1 aromatic carbocycles. The maximum Gasteiger partial charge on any atom is 0.379 e. The number of hydrogen-bond donors (Lipinski definition) is 1. The van der Waals surface area contributed by atoms with E-state index in [4.69, 9.17) is 5.11 Å². The Balaban J connectivity index is 0.00000169. The Bertz CT molecular complexity index is 345. The first kappa shape index (κ1) is 12.1. The van der Waals surface area contributed by atoms with Gasteiger partial charge in [-0.15, -0.1) is 0 Å². The molecule has 5 heteroatoms. The lowest BCUT2D eigenvalue weighted by atomic mass is 10.3. The molecule has 0 radical (unpaired) electrons. The number of Topliss-reactive ketones (excluding diaryl/α,β-unsaturated/α-hetero) is 1. The summed E-state index contributed by atoms with van der Waals surface area (Å²) in [6, 6.07) is 5.93. The molecule has 76 valence electrons. The van der Waals surface area contributed by atoms with Gasteiger partial charge >= 0.3 is 5.97 Å². The van der Waals surface area contributed by atoms with Gasteiger partial charge in [0.25, 0.3) is 0 Å². The second-order valence-corrected chi connectivity index (χ2v) is 2.41. The molecule has 0 bridgehead atoms. The number of para-hydroxylation sites is 2. The number of phenolic OH excluding ortho intramolecular Hbond substituents is 1. The summed E-state index contributed by atoms with van der Waals surface area (Å²) in [5, 5.41) is 9.15. The first-order chi connectivity index (χ1) is 6.11. The number of aromatic hydroxyl groups is 1. The standard InChI is InChI=1S/C9H8O4.H2O/c1-6(10)9(12)13-8-5-3-2-4-7(8)11;/h2-5,11H,1H3;1H2. The lowest BCUT2D eigenvalue weighted by Gasteiger charge is -2.02. The van der Waals surface area contributed by atoms with Crippen molar-refractivity contribution < 1.29 is 24.9 Å². The van der Waals surface area contributed by atoms with Crippen molar-refractivity contribution in [2.75, 3.05) is 0 Å². The van der Waals surface area contributed by atoms with Crippen molar-refractivity contribution in [1.82, 2.24) is 0 Å². The fourth-order valence-corrected chi connectivity index (χ4v) is 0.715. The number of rotatable bonds is 2. The molecule has 0 spiro atoms. The van der Waals surface area contributed by atoms with Crippen LogP contribution in [0.3, 0.4) is 0 Å². The molecule has 5 nitrogen and oxygen atoms in total. The first-order valence-electron chi connectivity index (χ1n) is 3.62. The molecule has 3 N–H and O–H groups in total. The Morgan fingerprint density at radius 3 is 2.36 bits per heavy atom. The van der Waals surface area contributed by atoms with E-state index in [1.165, 1.54) is 12.1 Å². The van der Waals surface area contributed by atoms with E-state index in [2.05, 4.69) is 4.74 Å². The predicted molar refractivity (Wildman–Crippen MR) is 48.0 cm³/mol. The van der Waals surface area contributed by atoms with E-state index in [9.17, 15) is 9.59 Å². The third-order valence-corrected chi connectivity index (χ3v) is 1.36.